The normalized spacial score (nSPS) is 12.9. The van der Waals surface area contributed by atoms with Gasteiger partial charge in [0.1, 0.15) is 11.4 Å². The number of amides is 2. The van der Waals surface area contributed by atoms with Gasteiger partial charge < -0.3 is 19.9 Å². The lowest BCUT2D eigenvalue weighted by atomic mass is 10.1. The van der Waals surface area contributed by atoms with Gasteiger partial charge in [-0.15, -0.1) is 0 Å². The van der Waals surface area contributed by atoms with Crippen LogP contribution in [0.1, 0.15) is 58.6 Å². The van der Waals surface area contributed by atoms with Crippen molar-refractivity contribution < 1.29 is 14.3 Å². The van der Waals surface area contributed by atoms with E-state index < -0.39 is 0 Å². The predicted molar refractivity (Wildman–Crippen MR) is 107 cm³/mol. The summed E-state index contributed by atoms with van der Waals surface area (Å²) >= 11 is 0. The van der Waals surface area contributed by atoms with Crippen LogP contribution in [0.3, 0.4) is 0 Å². The van der Waals surface area contributed by atoms with Gasteiger partial charge in [0.15, 0.2) is 5.82 Å². The van der Waals surface area contributed by atoms with Gasteiger partial charge in [-0.1, -0.05) is 19.1 Å². The minimum Gasteiger partial charge on any atom is -0.497 e. The number of hydrogen-bond acceptors (Lipinski definition) is 4. The van der Waals surface area contributed by atoms with Gasteiger partial charge in [0.2, 0.25) is 0 Å². The Morgan fingerprint density at radius 3 is 2.79 bits per heavy atom. The summed E-state index contributed by atoms with van der Waals surface area (Å²) in [5, 5.41) is 5.80. The predicted octanol–water partition coefficient (Wildman–Crippen LogP) is 2.34. The Kier molecular flexibility index (Phi) is 6.68. The number of carbonyl (C=O) groups is 2. The van der Waals surface area contributed by atoms with Gasteiger partial charge in [0.05, 0.1) is 12.8 Å². The zero-order valence-corrected chi connectivity index (χ0v) is 16.6. The van der Waals surface area contributed by atoms with Crippen molar-refractivity contribution in [1.29, 1.82) is 0 Å². The molecule has 1 aliphatic heterocycles. The van der Waals surface area contributed by atoms with Crippen molar-refractivity contribution >= 4 is 11.8 Å². The second kappa shape index (κ2) is 9.39. The van der Waals surface area contributed by atoms with Crippen LogP contribution >= 0.6 is 0 Å². The topological polar surface area (TPSA) is 85.2 Å². The van der Waals surface area contributed by atoms with Gasteiger partial charge in [-0.2, -0.15) is 0 Å². The molecule has 1 aromatic carbocycles. The molecule has 0 bridgehead atoms. The Labute approximate surface area is 165 Å². The highest BCUT2D eigenvalue weighted by Gasteiger charge is 2.27. The van der Waals surface area contributed by atoms with Gasteiger partial charge in [-0.3, -0.25) is 9.59 Å². The first-order chi connectivity index (χ1) is 13.6. The fraction of sp³-hybridized carbons (Fsp3) is 0.476. The third-order valence-electron chi connectivity index (χ3n) is 4.90. The van der Waals surface area contributed by atoms with Gasteiger partial charge in [0.25, 0.3) is 11.8 Å². The molecule has 28 heavy (non-hydrogen) atoms. The van der Waals surface area contributed by atoms with Crippen molar-refractivity contribution in [3.63, 3.8) is 0 Å². The zero-order valence-electron chi connectivity index (χ0n) is 16.6. The van der Waals surface area contributed by atoms with Crippen LogP contribution in [-0.2, 0) is 19.4 Å². The maximum Gasteiger partial charge on any atom is 0.287 e. The molecular weight excluding hydrogens is 356 g/mol. The molecule has 3 rings (SSSR count). The van der Waals surface area contributed by atoms with E-state index in [2.05, 4.69) is 15.6 Å². The van der Waals surface area contributed by atoms with Gasteiger partial charge in [-0.05, 0) is 49.8 Å². The third-order valence-corrected chi connectivity index (χ3v) is 4.90. The second-order valence-corrected chi connectivity index (χ2v) is 6.95. The Hall–Kier alpha value is -2.83. The number of nitrogens with zero attached hydrogens (tertiary/aromatic N) is 2. The van der Waals surface area contributed by atoms with E-state index in [4.69, 9.17) is 4.74 Å². The van der Waals surface area contributed by atoms with Crippen molar-refractivity contribution in [2.75, 3.05) is 20.2 Å². The van der Waals surface area contributed by atoms with Crippen LogP contribution in [0.2, 0.25) is 0 Å². The fourth-order valence-corrected chi connectivity index (χ4v) is 3.45. The summed E-state index contributed by atoms with van der Waals surface area (Å²) in [6.07, 6.45) is 4.33. The molecule has 0 unspecified atom stereocenters. The van der Waals surface area contributed by atoms with E-state index >= 15 is 0 Å². The molecule has 1 aromatic heterocycles. The Bertz CT molecular complexity index is 844. The van der Waals surface area contributed by atoms with E-state index in [1.807, 2.05) is 35.8 Å². The lowest BCUT2D eigenvalue weighted by molar-refractivity contribution is 0.0937. The van der Waals surface area contributed by atoms with E-state index in [-0.39, 0.29) is 11.8 Å². The molecule has 1 aliphatic rings. The molecule has 0 saturated heterocycles. The first-order valence-electron chi connectivity index (χ1n) is 9.92. The van der Waals surface area contributed by atoms with Crippen LogP contribution in [0, 0.1) is 0 Å². The smallest absolute Gasteiger partial charge is 0.287 e. The third kappa shape index (κ3) is 4.52. The average Bonchev–Trinajstić information content (AvgIpc) is 3.12. The summed E-state index contributed by atoms with van der Waals surface area (Å²) in [7, 11) is 1.64. The number of ether oxygens (including phenoxy) is 1. The largest absolute Gasteiger partial charge is 0.497 e. The highest BCUT2D eigenvalue weighted by molar-refractivity contribution is 5.97. The molecule has 0 radical (unpaired) electrons. The molecule has 0 saturated carbocycles. The molecular formula is C21H28N4O3. The Balaban J connectivity index is 1.68. The minimum absolute atomic E-state index is 0.208. The van der Waals surface area contributed by atoms with E-state index in [1.54, 1.807) is 7.11 Å². The Morgan fingerprint density at radius 2 is 2.00 bits per heavy atom. The zero-order chi connectivity index (χ0) is 19.9. The summed E-state index contributed by atoms with van der Waals surface area (Å²) in [6.45, 7) is 3.83. The van der Waals surface area contributed by atoms with Crippen LogP contribution in [0.25, 0.3) is 0 Å². The lowest BCUT2D eigenvalue weighted by Crippen LogP contribution is -2.28. The molecule has 150 valence electrons. The van der Waals surface area contributed by atoms with E-state index in [0.29, 0.717) is 31.0 Å². The fourth-order valence-electron chi connectivity index (χ4n) is 3.45. The van der Waals surface area contributed by atoms with Crippen molar-refractivity contribution in [3.05, 3.63) is 47.0 Å². The number of fused-ring (bicyclic) bond motifs is 1. The maximum atomic E-state index is 12.7. The van der Waals surface area contributed by atoms with Crippen LogP contribution in [0.5, 0.6) is 5.75 Å². The number of methoxy groups -OCH3 is 1. The number of hydrogen-bond donors (Lipinski definition) is 2. The minimum atomic E-state index is -0.219. The molecule has 2 N–H and O–H groups in total. The molecule has 0 fully saturated rings. The molecule has 7 heteroatoms. The van der Waals surface area contributed by atoms with Crippen LogP contribution in [0.15, 0.2) is 24.3 Å². The number of carbonyl (C=O) groups excluding carboxylic acids is 2. The summed E-state index contributed by atoms with van der Waals surface area (Å²) in [6, 6.07) is 7.79. The summed E-state index contributed by atoms with van der Waals surface area (Å²) in [5.41, 5.74) is 2.34. The van der Waals surface area contributed by atoms with Crippen LogP contribution in [-0.4, -0.2) is 41.6 Å². The standard InChI is InChI=1S/C21H28N4O3/c1-3-11-22-21(27)19-24-18(17-9-4-5-13-25(17)19)20(26)23-12-10-15-7-6-8-16(14-15)28-2/h6-8,14H,3-5,9-13H2,1-2H3,(H,22,27)(H,23,26). The van der Waals surface area contributed by atoms with E-state index in [9.17, 15) is 9.59 Å². The van der Waals surface area contributed by atoms with Crippen LogP contribution in [0.4, 0.5) is 0 Å². The number of nitrogens with one attached hydrogen (secondary N) is 2. The second-order valence-electron chi connectivity index (χ2n) is 6.95. The number of aromatic nitrogens is 2. The first kappa shape index (κ1) is 19.9. The SMILES string of the molecule is CCCNC(=O)c1nc(C(=O)NCCc2cccc(OC)c2)c2n1CCCC2. The first-order valence-corrected chi connectivity index (χ1v) is 9.92. The summed E-state index contributed by atoms with van der Waals surface area (Å²) in [4.78, 5) is 29.6. The van der Waals surface area contributed by atoms with Gasteiger partial charge in [0, 0.05) is 19.6 Å². The van der Waals surface area contributed by atoms with Crippen molar-refractivity contribution in [1.82, 2.24) is 20.2 Å². The summed E-state index contributed by atoms with van der Waals surface area (Å²) in [5.74, 6) is 0.722. The van der Waals surface area contributed by atoms with Crippen LogP contribution < -0.4 is 15.4 Å². The maximum absolute atomic E-state index is 12.7. The summed E-state index contributed by atoms with van der Waals surface area (Å²) < 4.78 is 7.14. The average molecular weight is 384 g/mol. The van der Waals surface area contributed by atoms with E-state index in [0.717, 1.165) is 49.2 Å². The quantitative estimate of drug-likeness (QED) is 0.732. The van der Waals surface area contributed by atoms with Crippen molar-refractivity contribution in [2.24, 2.45) is 0 Å². The molecule has 2 aromatic rings. The highest BCUT2D eigenvalue weighted by Crippen LogP contribution is 2.21. The monoisotopic (exact) mass is 384 g/mol. The number of rotatable bonds is 8. The molecule has 0 aliphatic carbocycles. The molecule has 2 amide bonds. The van der Waals surface area contributed by atoms with Crippen molar-refractivity contribution in [2.45, 2.75) is 45.6 Å². The van der Waals surface area contributed by atoms with Crippen molar-refractivity contribution in [3.8, 4) is 5.75 Å². The highest BCUT2D eigenvalue weighted by atomic mass is 16.5. The number of benzene rings is 1. The van der Waals surface area contributed by atoms with Gasteiger partial charge in [-0.25, -0.2) is 4.98 Å². The molecule has 7 nitrogen and oxygen atoms in total. The molecule has 0 spiro atoms. The molecule has 2 heterocycles. The van der Waals surface area contributed by atoms with Gasteiger partial charge >= 0.3 is 0 Å². The van der Waals surface area contributed by atoms with E-state index in [1.165, 1.54) is 0 Å². The Morgan fingerprint density at radius 1 is 1.18 bits per heavy atom. The lowest BCUT2D eigenvalue weighted by Gasteiger charge is -2.17. The molecule has 0 atom stereocenters. The number of imidazole rings is 1.